The second-order valence-electron chi connectivity index (χ2n) is 5.35. The first kappa shape index (κ1) is 21.5. The van der Waals surface area contributed by atoms with Gasteiger partial charge in [0.15, 0.2) is 0 Å². The monoisotopic (exact) mass is 337 g/mol. The van der Waals surface area contributed by atoms with Crippen molar-refractivity contribution >= 4 is 0 Å². The van der Waals surface area contributed by atoms with E-state index < -0.39 is 24.0 Å². The summed E-state index contributed by atoms with van der Waals surface area (Å²) in [5.41, 5.74) is 0. The summed E-state index contributed by atoms with van der Waals surface area (Å²) < 4.78 is 73.3. The summed E-state index contributed by atoms with van der Waals surface area (Å²) in [7, 11) is 0. The smallest absolute Gasteiger partial charge is 0.396 e. The van der Waals surface area contributed by atoms with E-state index in [1.165, 1.54) is 0 Å². The Bertz CT molecular complexity index is 253. The summed E-state index contributed by atoms with van der Waals surface area (Å²) in [5, 5.41) is 8.58. The maximum Gasteiger partial charge on any atom is 0.467 e. The van der Waals surface area contributed by atoms with Crippen molar-refractivity contribution in [1.29, 1.82) is 0 Å². The Kier molecular flexibility index (Phi) is 10.8. The highest BCUT2D eigenvalue weighted by molar-refractivity contribution is 4.63. The van der Waals surface area contributed by atoms with E-state index in [2.05, 4.69) is 0 Å². The average molecular weight is 337 g/mol. The Hall–Kier alpha value is -0.500. The summed E-state index contributed by atoms with van der Waals surface area (Å²) in [4.78, 5) is -1.36. The number of unbranched alkanes of at least 4 members (excludes halogenated alkanes) is 9. The van der Waals surface area contributed by atoms with E-state index in [0.29, 0.717) is 12.8 Å². The molecule has 0 aromatic heterocycles. The van der Waals surface area contributed by atoms with E-state index in [9.17, 15) is 26.3 Å². The maximum atomic E-state index is 12.2. The molecule has 0 saturated heterocycles. The Balaban J connectivity index is 3.59. The van der Waals surface area contributed by atoms with Crippen LogP contribution in [0.1, 0.15) is 64.2 Å². The lowest BCUT2D eigenvalue weighted by atomic mass is 10.1. The molecule has 8 heteroatoms. The molecule has 0 unspecified atom stereocenters. The van der Waals surface area contributed by atoms with Crippen LogP contribution in [0.2, 0.25) is 0 Å². The van der Waals surface area contributed by atoms with Gasteiger partial charge in [0, 0.05) is 13.2 Å². The molecule has 0 aliphatic heterocycles. The van der Waals surface area contributed by atoms with Crippen LogP contribution in [0, 0.1) is 0 Å². The van der Waals surface area contributed by atoms with Crippen LogP contribution in [0.25, 0.3) is 0 Å². The standard InChI is InChI=1S/C14H25F6NO/c15-13(16,17)21(14(18,19)20)11-9-7-5-3-1-2-4-6-8-10-12-22/h22H,1-12H2. The van der Waals surface area contributed by atoms with Crippen LogP contribution in [0.15, 0.2) is 0 Å². The lowest BCUT2D eigenvalue weighted by Crippen LogP contribution is -2.48. The normalized spacial score (nSPS) is 13.1. The molecule has 0 rings (SSSR count). The summed E-state index contributed by atoms with van der Waals surface area (Å²) in [6.45, 7) is -0.832. The summed E-state index contributed by atoms with van der Waals surface area (Å²) in [5.74, 6) is 0. The highest BCUT2D eigenvalue weighted by Gasteiger charge is 2.53. The largest absolute Gasteiger partial charge is 0.467 e. The van der Waals surface area contributed by atoms with Crippen molar-refractivity contribution in [3.05, 3.63) is 0 Å². The van der Waals surface area contributed by atoms with E-state index in [1.807, 2.05) is 0 Å². The van der Waals surface area contributed by atoms with Crippen molar-refractivity contribution in [3.8, 4) is 0 Å². The van der Waals surface area contributed by atoms with Crippen molar-refractivity contribution < 1.29 is 31.4 Å². The van der Waals surface area contributed by atoms with Crippen LogP contribution in [-0.2, 0) is 0 Å². The van der Waals surface area contributed by atoms with Gasteiger partial charge in [0.25, 0.3) is 0 Å². The quantitative estimate of drug-likeness (QED) is 0.300. The number of nitrogens with zero attached hydrogens (tertiary/aromatic N) is 1. The van der Waals surface area contributed by atoms with Crippen LogP contribution < -0.4 is 0 Å². The lowest BCUT2D eigenvalue weighted by Gasteiger charge is -2.26. The molecule has 0 aliphatic carbocycles. The molecule has 22 heavy (non-hydrogen) atoms. The molecule has 0 amide bonds. The van der Waals surface area contributed by atoms with Gasteiger partial charge in [0.2, 0.25) is 0 Å². The van der Waals surface area contributed by atoms with Crippen LogP contribution in [0.5, 0.6) is 0 Å². The van der Waals surface area contributed by atoms with Gasteiger partial charge in [-0.2, -0.15) is 26.3 Å². The molecular formula is C14H25F6NO. The molecule has 0 bridgehead atoms. The first-order valence-electron chi connectivity index (χ1n) is 7.71. The van der Waals surface area contributed by atoms with Gasteiger partial charge in [0.1, 0.15) is 0 Å². The molecule has 0 saturated carbocycles. The highest BCUT2D eigenvalue weighted by Crippen LogP contribution is 2.33. The van der Waals surface area contributed by atoms with Crippen LogP contribution in [-0.4, -0.2) is 35.8 Å². The van der Waals surface area contributed by atoms with Crippen LogP contribution in [0.4, 0.5) is 26.3 Å². The molecule has 0 atom stereocenters. The lowest BCUT2D eigenvalue weighted by molar-refractivity contribution is -0.372. The molecule has 0 spiro atoms. The number of alkyl halides is 6. The van der Waals surface area contributed by atoms with Crippen molar-refractivity contribution in [2.24, 2.45) is 0 Å². The summed E-state index contributed by atoms with van der Waals surface area (Å²) >= 11 is 0. The highest BCUT2D eigenvalue weighted by atomic mass is 19.4. The third kappa shape index (κ3) is 11.1. The molecular weight excluding hydrogens is 312 g/mol. The summed E-state index contributed by atoms with van der Waals surface area (Å²) in [6.07, 6.45) is -3.15. The average Bonchev–Trinajstić information content (AvgIpc) is 2.37. The minimum absolute atomic E-state index is 0.116. The topological polar surface area (TPSA) is 23.5 Å². The molecule has 134 valence electrons. The van der Waals surface area contributed by atoms with Gasteiger partial charge in [-0.15, -0.1) is 4.90 Å². The maximum absolute atomic E-state index is 12.2. The summed E-state index contributed by atoms with van der Waals surface area (Å²) in [6, 6.07) is 0. The Morgan fingerprint density at radius 3 is 1.18 bits per heavy atom. The number of aliphatic hydroxyl groups excluding tert-OH is 1. The zero-order valence-electron chi connectivity index (χ0n) is 12.6. The van der Waals surface area contributed by atoms with E-state index in [0.717, 1.165) is 44.9 Å². The second kappa shape index (κ2) is 11.1. The van der Waals surface area contributed by atoms with Gasteiger partial charge in [-0.3, -0.25) is 0 Å². The first-order chi connectivity index (χ1) is 10.2. The predicted molar refractivity (Wildman–Crippen MR) is 72.1 cm³/mol. The second-order valence-corrected chi connectivity index (χ2v) is 5.35. The minimum Gasteiger partial charge on any atom is -0.396 e. The third-order valence-corrected chi connectivity index (χ3v) is 3.40. The molecule has 0 aromatic carbocycles. The SMILES string of the molecule is OCCCCCCCCCCCCN(C(F)(F)F)C(F)(F)F. The van der Waals surface area contributed by atoms with E-state index in [-0.39, 0.29) is 13.0 Å². The fourth-order valence-electron chi connectivity index (χ4n) is 2.19. The molecule has 0 fully saturated rings. The van der Waals surface area contributed by atoms with E-state index in [4.69, 9.17) is 5.11 Å². The molecule has 0 aromatic rings. The predicted octanol–water partition coefficient (Wildman–Crippen LogP) is 5.22. The number of hydrogen-bond acceptors (Lipinski definition) is 2. The molecule has 0 heterocycles. The van der Waals surface area contributed by atoms with Crippen molar-refractivity contribution in [2.75, 3.05) is 13.2 Å². The first-order valence-corrected chi connectivity index (χ1v) is 7.71. The van der Waals surface area contributed by atoms with E-state index >= 15 is 0 Å². The van der Waals surface area contributed by atoms with Gasteiger partial charge >= 0.3 is 12.6 Å². The Morgan fingerprint density at radius 1 is 0.545 bits per heavy atom. The number of rotatable bonds is 12. The fraction of sp³-hybridized carbons (Fsp3) is 1.00. The van der Waals surface area contributed by atoms with Gasteiger partial charge in [-0.05, 0) is 12.8 Å². The molecule has 2 nitrogen and oxygen atoms in total. The molecule has 1 N–H and O–H groups in total. The molecule has 0 aliphatic rings. The van der Waals surface area contributed by atoms with Gasteiger partial charge in [-0.1, -0.05) is 51.4 Å². The Labute approximate surface area is 127 Å². The van der Waals surface area contributed by atoms with Gasteiger partial charge in [-0.25, -0.2) is 0 Å². The van der Waals surface area contributed by atoms with Gasteiger partial charge < -0.3 is 5.11 Å². The van der Waals surface area contributed by atoms with Crippen molar-refractivity contribution in [3.63, 3.8) is 0 Å². The number of hydrogen-bond donors (Lipinski definition) is 1. The Morgan fingerprint density at radius 2 is 0.864 bits per heavy atom. The zero-order chi connectivity index (χ0) is 17.1. The molecule has 0 radical (unpaired) electrons. The van der Waals surface area contributed by atoms with Gasteiger partial charge in [0.05, 0.1) is 0 Å². The van der Waals surface area contributed by atoms with E-state index in [1.54, 1.807) is 0 Å². The van der Waals surface area contributed by atoms with Crippen molar-refractivity contribution in [2.45, 2.75) is 76.8 Å². The number of aliphatic hydroxyl groups is 1. The van der Waals surface area contributed by atoms with Crippen LogP contribution >= 0.6 is 0 Å². The number of halogens is 6. The fourth-order valence-corrected chi connectivity index (χ4v) is 2.19. The zero-order valence-corrected chi connectivity index (χ0v) is 12.6. The van der Waals surface area contributed by atoms with Crippen LogP contribution in [0.3, 0.4) is 0 Å². The third-order valence-electron chi connectivity index (χ3n) is 3.40. The van der Waals surface area contributed by atoms with Crippen molar-refractivity contribution in [1.82, 2.24) is 4.90 Å². The minimum atomic E-state index is -5.37.